The summed E-state index contributed by atoms with van der Waals surface area (Å²) in [6.45, 7) is 5.51. The zero-order valence-electron chi connectivity index (χ0n) is 12.9. The molecule has 0 aliphatic heterocycles. The first-order chi connectivity index (χ1) is 9.08. The average molecular weight is 382 g/mol. The molecule has 0 saturated carbocycles. The van der Waals surface area contributed by atoms with Crippen LogP contribution in [0.25, 0.3) is 11.2 Å². The molecule has 5 nitrogen and oxygen atoms in total. The second kappa shape index (κ2) is 5.02. The Morgan fingerprint density at radius 2 is 1.90 bits per heavy atom. The number of ether oxygens (including phenoxy) is 1. The van der Waals surface area contributed by atoms with Gasteiger partial charge >= 0.3 is 123 Å². The van der Waals surface area contributed by atoms with E-state index in [0.29, 0.717) is 5.65 Å². The van der Waals surface area contributed by atoms with Crippen LogP contribution in [0.3, 0.4) is 0 Å². The van der Waals surface area contributed by atoms with Crippen LogP contribution in [0.4, 0.5) is 4.79 Å². The maximum absolute atomic E-state index is 12.1. The Morgan fingerprint density at radius 1 is 1.25 bits per heavy atom. The van der Waals surface area contributed by atoms with E-state index >= 15 is 0 Å². The van der Waals surface area contributed by atoms with Crippen molar-refractivity contribution in [3.63, 3.8) is 0 Å². The molecule has 2 rings (SSSR count). The molecule has 0 amide bonds. The topological polar surface area (TPSA) is 57.0 Å². The van der Waals surface area contributed by atoms with Crippen LogP contribution in [-0.4, -0.2) is 44.6 Å². The molecule has 0 atom stereocenters. The molecule has 0 bridgehead atoms. The first kappa shape index (κ1) is 15.3. The van der Waals surface area contributed by atoms with Gasteiger partial charge in [0.25, 0.3) is 0 Å². The van der Waals surface area contributed by atoms with E-state index in [0.717, 1.165) is 5.52 Å². The second-order valence-electron chi connectivity index (χ2n) is 6.91. The van der Waals surface area contributed by atoms with Gasteiger partial charge in [0, 0.05) is 0 Å². The summed E-state index contributed by atoms with van der Waals surface area (Å²) in [6, 6.07) is 2.05. The van der Waals surface area contributed by atoms with Crippen LogP contribution in [0, 0.1) is 0 Å². The Labute approximate surface area is 123 Å². The molecule has 2 aromatic rings. The zero-order chi connectivity index (χ0) is 15.1. The number of aromatic nitrogens is 3. The summed E-state index contributed by atoms with van der Waals surface area (Å²) in [6.07, 6.45) is 2.91. The summed E-state index contributed by atoms with van der Waals surface area (Å²) < 4.78 is 8.00. The van der Waals surface area contributed by atoms with Crippen LogP contribution in [0.2, 0.25) is 14.8 Å². The molecule has 0 spiro atoms. The Hall–Kier alpha value is -1.11. The Balaban J connectivity index is 2.41. The summed E-state index contributed by atoms with van der Waals surface area (Å²) in [7, 11) is 0. The Morgan fingerprint density at radius 3 is 2.45 bits per heavy atom. The molecular formula is C14H21N3O2Sn. The van der Waals surface area contributed by atoms with E-state index in [4.69, 9.17) is 4.74 Å². The second-order valence-corrected chi connectivity index (χ2v) is 21.4. The van der Waals surface area contributed by atoms with Crippen LogP contribution in [-0.2, 0) is 4.74 Å². The minimum absolute atomic E-state index is 0.445. The van der Waals surface area contributed by atoms with Gasteiger partial charge in [-0.3, -0.25) is 0 Å². The molecule has 0 aliphatic carbocycles. The molecule has 2 heterocycles. The number of hydrogen-bond donors (Lipinski definition) is 0. The fraction of sp³-hybridized carbons (Fsp3) is 0.500. The number of imidazole rings is 1. The summed E-state index contributed by atoms with van der Waals surface area (Å²) in [5.41, 5.74) is 0.772. The molecule has 20 heavy (non-hydrogen) atoms. The van der Waals surface area contributed by atoms with Crippen molar-refractivity contribution in [3.05, 3.63) is 18.6 Å². The molecule has 0 fully saturated rings. The van der Waals surface area contributed by atoms with Crippen molar-refractivity contribution >= 4 is 39.2 Å². The van der Waals surface area contributed by atoms with Crippen molar-refractivity contribution in [1.29, 1.82) is 0 Å². The van der Waals surface area contributed by atoms with Crippen molar-refractivity contribution in [2.24, 2.45) is 0 Å². The van der Waals surface area contributed by atoms with Crippen molar-refractivity contribution in [1.82, 2.24) is 14.5 Å². The first-order valence-corrected chi connectivity index (χ1v) is 16.6. The molecule has 0 N–H and O–H groups in total. The zero-order valence-corrected chi connectivity index (χ0v) is 15.7. The van der Waals surface area contributed by atoms with Gasteiger partial charge in [0.1, 0.15) is 0 Å². The van der Waals surface area contributed by atoms with Gasteiger partial charge in [0.05, 0.1) is 0 Å². The molecular weight excluding hydrogens is 361 g/mol. The Bertz CT molecular complexity index is 650. The maximum atomic E-state index is 12.1. The van der Waals surface area contributed by atoms with Crippen molar-refractivity contribution in [2.75, 3.05) is 0 Å². The Kier molecular flexibility index (Phi) is 3.83. The number of carbonyl (C=O) groups excluding carboxylic acids is 1. The number of pyridine rings is 1. The average Bonchev–Trinajstić information content (AvgIpc) is 2.67. The van der Waals surface area contributed by atoms with Crippen LogP contribution in [0.15, 0.2) is 18.6 Å². The third-order valence-electron chi connectivity index (χ3n) is 2.84. The van der Waals surface area contributed by atoms with Crippen molar-refractivity contribution in [2.45, 2.75) is 41.2 Å². The predicted molar refractivity (Wildman–Crippen MR) is 82.1 cm³/mol. The number of carbonyl (C=O) groups is 1. The van der Waals surface area contributed by atoms with Crippen molar-refractivity contribution < 1.29 is 9.53 Å². The fourth-order valence-electron chi connectivity index (χ4n) is 1.76. The van der Waals surface area contributed by atoms with Crippen molar-refractivity contribution in [3.8, 4) is 0 Å². The third kappa shape index (κ3) is 3.31. The number of fused-ring (bicyclic) bond motifs is 1. The van der Waals surface area contributed by atoms with Crippen LogP contribution in [0.1, 0.15) is 20.8 Å². The molecule has 0 aromatic carbocycles. The van der Waals surface area contributed by atoms with Crippen LogP contribution in [0.5, 0.6) is 0 Å². The van der Waals surface area contributed by atoms with E-state index in [-0.39, 0.29) is 0 Å². The standard InChI is InChI=1S/C11H12N3O2.3CH3.Sn/c1-11(2,3)16-10(15)14-7-13-8-5-4-6-12-9(8)14;;;;/h5-7H,1-3H3;3*1H3;. The molecule has 0 unspecified atom stereocenters. The van der Waals surface area contributed by atoms with Gasteiger partial charge in [-0.05, 0) is 0 Å². The quantitative estimate of drug-likeness (QED) is 0.712. The molecule has 108 valence electrons. The van der Waals surface area contributed by atoms with Crippen LogP contribution >= 0.6 is 0 Å². The fourth-order valence-corrected chi connectivity index (χ4v) is 4.67. The summed E-state index contributed by atoms with van der Waals surface area (Å²) in [4.78, 5) is 27.7. The SMILES string of the molecule is CC(C)(C)OC(=O)n1cnc2c[c]([Sn]([CH3])([CH3])[CH3])cnc21. The van der Waals surface area contributed by atoms with Gasteiger partial charge in [-0.1, -0.05) is 0 Å². The number of hydrogen-bond acceptors (Lipinski definition) is 4. The van der Waals surface area contributed by atoms with E-state index in [1.54, 1.807) is 0 Å². The summed E-state index contributed by atoms with van der Waals surface area (Å²) in [5, 5.41) is 0. The normalized spacial score (nSPS) is 12.7. The predicted octanol–water partition coefficient (Wildman–Crippen LogP) is 2.76. The van der Waals surface area contributed by atoms with Gasteiger partial charge in [-0.15, -0.1) is 0 Å². The van der Waals surface area contributed by atoms with Gasteiger partial charge in [0.15, 0.2) is 0 Å². The van der Waals surface area contributed by atoms with E-state index in [9.17, 15) is 4.79 Å². The third-order valence-corrected chi connectivity index (χ3v) is 8.57. The van der Waals surface area contributed by atoms with Gasteiger partial charge in [-0.25, -0.2) is 0 Å². The first-order valence-electron chi connectivity index (χ1n) is 6.65. The van der Waals surface area contributed by atoms with E-state index < -0.39 is 30.1 Å². The number of rotatable bonds is 1. The van der Waals surface area contributed by atoms with Gasteiger partial charge in [0.2, 0.25) is 0 Å². The van der Waals surface area contributed by atoms with E-state index in [1.807, 2.05) is 27.0 Å². The molecule has 0 saturated heterocycles. The molecule has 0 radical (unpaired) electrons. The van der Waals surface area contributed by atoms with E-state index in [2.05, 4.69) is 30.9 Å². The summed E-state index contributed by atoms with van der Waals surface area (Å²) in [5.74, 6) is 0. The minimum atomic E-state index is -2.17. The van der Waals surface area contributed by atoms with Gasteiger partial charge < -0.3 is 0 Å². The van der Waals surface area contributed by atoms with E-state index in [1.165, 1.54) is 14.5 Å². The molecule has 2 aromatic heterocycles. The molecule has 0 aliphatic rings. The monoisotopic (exact) mass is 383 g/mol. The number of nitrogens with zero attached hydrogens (tertiary/aromatic N) is 3. The molecule has 6 heteroatoms. The summed E-state index contributed by atoms with van der Waals surface area (Å²) >= 11 is -2.17. The van der Waals surface area contributed by atoms with Gasteiger partial charge in [-0.2, -0.15) is 0 Å². The van der Waals surface area contributed by atoms with Crippen LogP contribution < -0.4 is 3.58 Å².